The summed E-state index contributed by atoms with van der Waals surface area (Å²) in [6, 6.07) is 2.67. The number of nitro groups is 1. The van der Waals surface area contributed by atoms with Gasteiger partial charge in [0.25, 0.3) is 0 Å². The van der Waals surface area contributed by atoms with Gasteiger partial charge in [-0.2, -0.15) is 4.39 Å². The van der Waals surface area contributed by atoms with Crippen molar-refractivity contribution in [1.29, 1.82) is 0 Å². The molecule has 0 radical (unpaired) electrons. The van der Waals surface area contributed by atoms with E-state index in [1.165, 1.54) is 13.1 Å². The molecule has 0 bridgehead atoms. The molecule has 4 nitrogen and oxygen atoms in total. The molecule has 1 N–H and O–H groups in total. The molecule has 0 saturated carbocycles. The summed E-state index contributed by atoms with van der Waals surface area (Å²) >= 11 is 0. The highest BCUT2D eigenvalue weighted by molar-refractivity contribution is 5.58. The third kappa shape index (κ3) is 1.58. The summed E-state index contributed by atoms with van der Waals surface area (Å²) in [5.74, 6) is -0.812. The summed E-state index contributed by atoms with van der Waals surface area (Å²) in [7, 11) is 1.52. The van der Waals surface area contributed by atoms with Crippen LogP contribution in [0.15, 0.2) is 12.1 Å². The van der Waals surface area contributed by atoms with Crippen LogP contribution >= 0.6 is 0 Å². The van der Waals surface area contributed by atoms with E-state index in [1.807, 2.05) is 0 Å². The summed E-state index contributed by atoms with van der Waals surface area (Å²) in [5.41, 5.74) is 0.315. The summed E-state index contributed by atoms with van der Waals surface area (Å²) in [6.45, 7) is 1.68. The Bertz CT molecular complexity index is 352. The Hall–Kier alpha value is -1.65. The first kappa shape index (κ1) is 9.44. The Morgan fingerprint density at radius 1 is 1.54 bits per heavy atom. The van der Waals surface area contributed by atoms with Gasteiger partial charge in [0.2, 0.25) is 5.82 Å². The van der Waals surface area contributed by atoms with E-state index < -0.39 is 16.4 Å². The van der Waals surface area contributed by atoms with Crippen LogP contribution in [-0.4, -0.2) is 12.0 Å². The maximum absolute atomic E-state index is 13.3. The van der Waals surface area contributed by atoms with Crippen molar-refractivity contribution in [3.63, 3.8) is 0 Å². The Labute approximate surface area is 74.5 Å². The summed E-state index contributed by atoms with van der Waals surface area (Å²) < 4.78 is 13.3. The number of aryl methyl sites for hydroxylation is 1. The fourth-order valence-electron chi connectivity index (χ4n) is 1.11. The molecule has 0 atom stereocenters. The molecule has 0 aliphatic carbocycles. The van der Waals surface area contributed by atoms with Crippen molar-refractivity contribution in [1.82, 2.24) is 0 Å². The van der Waals surface area contributed by atoms with Gasteiger partial charge in [0.1, 0.15) is 0 Å². The van der Waals surface area contributed by atoms with E-state index in [1.54, 1.807) is 6.92 Å². The second kappa shape index (κ2) is 3.38. The number of nitro benzene ring substituents is 1. The first-order valence-electron chi connectivity index (χ1n) is 3.69. The van der Waals surface area contributed by atoms with Gasteiger partial charge in [-0.15, -0.1) is 0 Å². The molecule has 0 aromatic heterocycles. The molecule has 0 aliphatic rings. The van der Waals surface area contributed by atoms with Crippen molar-refractivity contribution in [2.24, 2.45) is 0 Å². The van der Waals surface area contributed by atoms with E-state index in [0.29, 0.717) is 5.56 Å². The van der Waals surface area contributed by atoms with Crippen LogP contribution in [0.25, 0.3) is 0 Å². The summed E-state index contributed by atoms with van der Waals surface area (Å²) in [5, 5.41) is 12.9. The van der Waals surface area contributed by atoms with Crippen LogP contribution < -0.4 is 5.32 Å². The third-order valence-electron chi connectivity index (χ3n) is 1.78. The molecule has 5 heteroatoms. The number of rotatable bonds is 2. The lowest BCUT2D eigenvalue weighted by Crippen LogP contribution is -2.00. The predicted octanol–water partition coefficient (Wildman–Crippen LogP) is 2.08. The zero-order valence-electron chi connectivity index (χ0n) is 7.30. The van der Waals surface area contributed by atoms with Crippen molar-refractivity contribution in [2.45, 2.75) is 6.92 Å². The fraction of sp³-hybridized carbons (Fsp3) is 0.250. The predicted molar refractivity (Wildman–Crippen MR) is 47.3 cm³/mol. The molecule has 0 spiro atoms. The number of hydrogen-bond acceptors (Lipinski definition) is 3. The maximum atomic E-state index is 13.3. The van der Waals surface area contributed by atoms with Gasteiger partial charge in [-0.25, -0.2) is 0 Å². The van der Waals surface area contributed by atoms with E-state index in [4.69, 9.17) is 0 Å². The van der Waals surface area contributed by atoms with Crippen LogP contribution in [0.2, 0.25) is 0 Å². The highest BCUT2D eigenvalue weighted by Gasteiger charge is 2.18. The highest BCUT2D eigenvalue weighted by atomic mass is 19.1. The average Bonchev–Trinajstić information content (AvgIpc) is 2.04. The van der Waals surface area contributed by atoms with Crippen molar-refractivity contribution in [2.75, 3.05) is 12.4 Å². The van der Waals surface area contributed by atoms with Crippen LogP contribution in [-0.2, 0) is 0 Å². The zero-order chi connectivity index (χ0) is 10.0. The lowest BCUT2D eigenvalue weighted by molar-refractivity contribution is -0.387. The van der Waals surface area contributed by atoms with Crippen LogP contribution in [0.5, 0.6) is 0 Å². The molecule has 0 amide bonds. The number of hydrogen-bond donors (Lipinski definition) is 1. The van der Waals surface area contributed by atoms with E-state index >= 15 is 0 Å². The Morgan fingerprint density at radius 3 is 2.62 bits per heavy atom. The van der Waals surface area contributed by atoms with Crippen molar-refractivity contribution in [3.05, 3.63) is 33.6 Å². The molecule has 0 unspecified atom stereocenters. The van der Waals surface area contributed by atoms with Crippen molar-refractivity contribution < 1.29 is 9.31 Å². The van der Waals surface area contributed by atoms with Gasteiger partial charge >= 0.3 is 5.69 Å². The lowest BCUT2D eigenvalue weighted by atomic mass is 10.1. The quantitative estimate of drug-likeness (QED) is 0.565. The minimum Gasteiger partial charge on any atom is -0.385 e. The Balaban J connectivity index is 3.35. The van der Waals surface area contributed by atoms with Gasteiger partial charge in [-0.3, -0.25) is 10.1 Å². The number of halogens is 1. The Morgan fingerprint density at radius 2 is 2.15 bits per heavy atom. The minimum absolute atomic E-state index is 0.175. The fourth-order valence-corrected chi connectivity index (χ4v) is 1.11. The summed E-state index contributed by atoms with van der Waals surface area (Å²) in [6.07, 6.45) is 0. The third-order valence-corrected chi connectivity index (χ3v) is 1.78. The van der Waals surface area contributed by atoms with Crippen LogP contribution in [0.4, 0.5) is 15.8 Å². The van der Waals surface area contributed by atoms with Gasteiger partial charge < -0.3 is 5.32 Å². The number of nitrogens with one attached hydrogen (secondary N) is 1. The first-order chi connectivity index (χ1) is 6.07. The summed E-state index contributed by atoms with van der Waals surface area (Å²) in [4.78, 5) is 9.60. The second-order valence-corrected chi connectivity index (χ2v) is 2.60. The van der Waals surface area contributed by atoms with Crippen molar-refractivity contribution in [3.8, 4) is 0 Å². The van der Waals surface area contributed by atoms with Gasteiger partial charge in [0, 0.05) is 13.1 Å². The van der Waals surface area contributed by atoms with Gasteiger partial charge in [0.05, 0.1) is 10.6 Å². The van der Waals surface area contributed by atoms with Crippen LogP contribution in [0.3, 0.4) is 0 Å². The van der Waals surface area contributed by atoms with Gasteiger partial charge in [-0.1, -0.05) is 6.07 Å². The second-order valence-electron chi connectivity index (χ2n) is 2.60. The maximum Gasteiger partial charge on any atom is 0.306 e. The normalized spacial score (nSPS) is 9.77. The molecular formula is C8H9FN2O2. The largest absolute Gasteiger partial charge is 0.385 e. The topological polar surface area (TPSA) is 55.2 Å². The molecule has 0 saturated heterocycles. The minimum atomic E-state index is -0.812. The molecule has 1 aromatic carbocycles. The molecule has 70 valence electrons. The van der Waals surface area contributed by atoms with E-state index in [9.17, 15) is 14.5 Å². The monoisotopic (exact) mass is 184 g/mol. The molecule has 0 fully saturated rings. The van der Waals surface area contributed by atoms with E-state index in [0.717, 1.165) is 6.07 Å². The van der Waals surface area contributed by atoms with Crippen LogP contribution in [0.1, 0.15) is 5.56 Å². The van der Waals surface area contributed by atoms with Crippen LogP contribution in [0, 0.1) is 22.9 Å². The molecular weight excluding hydrogens is 175 g/mol. The standard InChI is InChI=1S/C8H9FN2O2/c1-5-3-4-6(11(12)13)7(9)8(5)10-2/h3-4,10H,1-2H3. The number of nitrogens with zero attached hydrogens (tertiary/aromatic N) is 1. The molecule has 0 aliphatic heterocycles. The van der Waals surface area contributed by atoms with Crippen molar-refractivity contribution >= 4 is 11.4 Å². The number of anilines is 1. The Kier molecular flexibility index (Phi) is 2.46. The molecule has 1 aromatic rings. The SMILES string of the molecule is CNc1c(C)ccc([N+](=O)[O-])c1F. The zero-order valence-corrected chi connectivity index (χ0v) is 7.30. The molecule has 1 rings (SSSR count). The lowest BCUT2D eigenvalue weighted by Gasteiger charge is -2.05. The molecule has 13 heavy (non-hydrogen) atoms. The van der Waals surface area contributed by atoms with Gasteiger partial charge in [-0.05, 0) is 12.5 Å². The first-order valence-corrected chi connectivity index (χ1v) is 3.69. The highest BCUT2D eigenvalue weighted by Crippen LogP contribution is 2.26. The van der Waals surface area contributed by atoms with Gasteiger partial charge in [0.15, 0.2) is 0 Å². The molecule has 0 heterocycles. The van der Waals surface area contributed by atoms with E-state index in [2.05, 4.69) is 5.32 Å². The number of benzene rings is 1. The average molecular weight is 184 g/mol. The van der Waals surface area contributed by atoms with E-state index in [-0.39, 0.29) is 5.69 Å². The smallest absolute Gasteiger partial charge is 0.306 e.